The fourth-order valence-corrected chi connectivity index (χ4v) is 3.20. The smallest absolute Gasteiger partial charge is 0.406 e. The molecular formula is C13H17F3N2O4S. The van der Waals surface area contributed by atoms with Crippen molar-refractivity contribution < 1.29 is 31.1 Å². The zero-order chi connectivity index (χ0) is 17.7. The van der Waals surface area contributed by atoms with Gasteiger partial charge in [0.2, 0.25) is 15.9 Å². The van der Waals surface area contributed by atoms with Gasteiger partial charge in [-0.25, -0.2) is 8.42 Å². The third-order valence-corrected chi connectivity index (χ3v) is 4.64. The van der Waals surface area contributed by atoms with Gasteiger partial charge >= 0.3 is 6.36 Å². The zero-order valence-corrected chi connectivity index (χ0v) is 13.4. The van der Waals surface area contributed by atoms with Crippen molar-refractivity contribution in [2.45, 2.75) is 25.1 Å². The van der Waals surface area contributed by atoms with Crippen LogP contribution in [0.5, 0.6) is 5.75 Å². The van der Waals surface area contributed by atoms with Gasteiger partial charge in [0.15, 0.2) is 0 Å². The molecule has 1 rings (SSSR count). The highest BCUT2D eigenvalue weighted by Crippen LogP contribution is 2.26. The van der Waals surface area contributed by atoms with E-state index in [0.717, 1.165) is 28.6 Å². The maximum Gasteiger partial charge on any atom is 0.573 e. The summed E-state index contributed by atoms with van der Waals surface area (Å²) >= 11 is 0. The lowest BCUT2D eigenvalue weighted by Crippen LogP contribution is -2.40. The van der Waals surface area contributed by atoms with Gasteiger partial charge in [-0.15, -0.1) is 13.2 Å². The van der Waals surface area contributed by atoms with Crippen molar-refractivity contribution in [1.82, 2.24) is 9.62 Å². The van der Waals surface area contributed by atoms with E-state index >= 15 is 0 Å². The third kappa shape index (κ3) is 5.71. The number of carbonyl (C=O) groups excluding carboxylic acids is 1. The van der Waals surface area contributed by atoms with Crippen LogP contribution in [0.15, 0.2) is 29.2 Å². The number of hydrogen-bond donors (Lipinski definition) is 1. The average molecular weight is 354 g/mol. The van der Waals surface area contributed by atoms with E-state index in [1.54, 1.807) is 6.92 Å². The molecule has 0 spiro atoms. The van der Waals surface area contributed by atoms with Crippen molar-refractivity contribution in [3.63, 3.8) is 0 Å². The highest BCUT2D eigenvalue weighted by atomic mass is 32.2. The van der Waals surface area contributed by atoms with Crippen molar-refractivity contribution >= 4 is 15.9 Å². The monoisotopic (exact) mass is 354 g/mol. The highest BCUT2D eigenvalue weighted by Gasteiger charge is 2.32. The number of benzene rings is 1. The standard InChI is InChI=1S/C13H17F3N2O4S/c1-3-17-12(19)9-18(4-2)23(20,21)11-7-5-6-10(8-11)22-13(14,15)16/h5-8H,3-4,9H2,1-2H3,(H,17,19). The van der Waals surface area contributed by atoms with Crippen molar-refractivity contribution in [1.29, 1.82) is 0 Å². The number of sulfonamides is 1. The molecule has 130 valence electrons. The molecule has 0 aliphatic carbocycles. The van der Waals surface area contributed by atoms with Crippen LogP contribution < -0.4 is 10.1 Å². The number of nitrogens with one attached hydrogen (secondary N) is 1. The molecule has 0 aliphatic rings. The first-order valence-electron chi connectivity index (χ1n) is 6.72. The predicted molar refractivity (Wildman–Crippen MR) is 76.2 cm³/mol. The summed E-state index contributed by atoms with van der Waals surface area (Å²) in [6, 6.07) is 4.03. The topological polar surface area (TPSA) is 75.7 Å². The van der Waals surface area contributed by atoms with Gasteiger partial charge in [0.05, 0.1) is 11.4 Å². The summed E-state index contributed by atoms with van der Waals surface area (Å²) in [5.74, 6) is -1.15. The predicted octanol–water partition coefficient (Wildman–Crippen LogP) is 1.73. The summed E-state index contributed by atoms with van der Waals surface area (Å²) in [5, 5.41) is 2.46. The second kappa shape index (κ2) is 7.64. The number of amides is 1. The Balaban J connectivity index is 3.06. The van der Waals surface area contributed by atoms with Crippen LogP contribution in [0.3, 0.4) is 0 Å². The van der Waals surface area contributed by atoms with Gasteiger partial charge in [-0.2, -0.15) is 4.31 Å². The summed E-state index contributed by atoms with van der Waals surface area (Å²) in [4.78, 5) is 11.2. The quantitative estimate of drug-likeness (QED) is 0.809. The molecule has 0 radical (unpaired) electrons. The Kier molecular flexibility index (Phi) is 6.39. The molecule has 1 aromatic rings. The average Bonchev–Trinajstić information content (AvgIpc) is 2.43. The van der Waals surface area contributed by atoms with Gasteiger partial charge < -0.3 is 10.1 Å². The van der Waals surface area contributed by atoms with E-state index in [1.807, 2.05) is 0 Å². The normalized spacial score (nSPS) is 12.3. The lowest BCUT2D eigenvalue weighted by atomic mass is 10.3. The van der Waals surface area contributed by atoms with Gasteiger partial charge in [0.1, 0.15) is 5.75 Å². The second-order valence-corrected chi connectivity index (χ2v) is 6.35. The summed E-state index contributed by atoms with van der Waals surface area (Å²) in [6.45, 7) is 3.11. The molecule has 0 atom stereocenters. The second-order valence-electron chi connectivity index (χ2n) is 4.41. The number of carbonyl (C=O) groups is 1. The van der Waals surface area contributed by atoms with Gasteiger partial charge in [0.25, 0.3) is 0 Å². The van der Waals surface area contributed by atoms with Crippen molar-refractivity contribution in [3.8, 4) is 5.75 Å². The molecule has 0 fully saturated rings. The van der Waals surface area contributed by atoms with Gasteiger partial charge in [0, 0.05) is 19.2 Å². The first kappa shape index (κ1) is 19.2. The fraction of sp³-hybridized carbons (Fsp3) is 0.462. The number of likely N-dealkylation sites (N-methyl/N-ethyl adjacent to an activating group) is 2. The molecule has 23 heavy (non-hydrogen) atoms. The minimum atomic E-state index is -4.92. The zero-order valence-electron chi connectivity index (χ0n) is 12.6. The van der Waals surface area contributed by atoms with Crippen LogP contribution in [-0.2, 0) is 14.8 Å². The Bertz CT molecular complexity index is 647. The largest absolute Gasteiger partial charge is 0.573 e. The number of ether oxygens (including phenoxy) is 1. The number of rotatable bonds is 7. The van der Waals surface area contributed by atoms with E-state index in [9.17, 15) is 26.4 Å². The van der Waals surface area contributed by atoms with Crippen LogP contribution in [0.25, 0.3) is 0 Å². The van der Waals surface area contributed by atoms with Crippen LogP contribution in [-0.4, -0.2) is 44.6 Å². The molecule has 0 heterocycles. The molecule has 10 heteroatoms. The maximum atomic E-state index is 12.4. The van der Waals surface area contributed by atoms with E-state index in [4.69, 9.17) is 0 Å². The number of nitrogens with zero attached hydrogens (tertiary/aromatic N) is 1. The van der Waals surface area contributed by atoms with Crippen molar-refractivity contribution in [3.05, 3.63) is 24.3 Å². The molecule has 0 saturated carbocycles. The molecule has 6 nitrogen and oxygen atoms in total. The molecule has 0 aromatic heterocycles. The number of halogens is 3. The Morgan fingerprint density at radius 2 is 1.96 bits per heavy atom. The van der Waals surface area contributed by atoms with Crippen LogP contribution in [0.1, 0.15) is 13.8 Å². The number of hydrogen-bond acceptors (Lipinski definition) is 4. The molecule has 1 amide bonds. The molecule has 1 aromatic carbocycles. The molecule has 0 bridgehead atoms. The minimum absolute atomic E-state index is 0.0101. The van der Waals surface area contributed by atoms with Gasteiger partial charge in [-0.05, 0) is 19.1 Å². The van der Waals surface area contributed by atoms with Gasteiger partial charge in [-0.3, -0.25) is 4.79 Å². The molecule has 0 saturated heterocycles. The van der Waals surface area contributed by atoms with Crippen LogP contribution >= 0.6 is 0 Å². The lowest BCUT2D eigenvalue weighted by molar-refractivity contribution is -0.274. The van der Waals surface area contributed by atoms with E-state index < -0.39 is 34.6 Å². The Labute approximate surface area is 132 Å². The first-order valence-corrected chi connectivity index (χ1v) is 8.16. The highest BCUT2D eigenvalue weighted by molar-refractivity contribution is 7.89. The van der Waals surface area contributed by atoms with E-state index in [2.05, 4.69) is 10.1 Å². The van der Waals surface area contributed by atoms with E-state index in [-0.39, 0.29) is 11.4 Å². The van der Waals surface area contributed by atoms with Crippen molar-refractivity contribution in [2.75, 3.05) is 19.6 Å². The molecular weight excluding hydrogens is 337 g/mol. The van der Waals surface area contributed by atoms with Crippen LogP contribution in [0.2, 0.25) is 0 Å². The Morgan fingerprint density at radius 3 is 2.48 bits per heavy atom. The summed E-state index contributed by atoms with van der Waals surface area (Å²) in [5.41, 5.74) is 0. The first-order chi connectivity index (χ1) is 10.6. The van der Waals surface area contributed by atoms with Crippen LogP contribution in [0.4, 0.5) is 13.2 Å². The third-order valence-electron chi connectivity index (χ3n) is 2.72. The maximum absolute atomic E-state index is 12.4. The van der Waals surface area contributed by atoms with Crippen molar-refractivity contribution in [2.24, 2.45) is 0 Å². The Morgan fingerprint density at radius 1 is 1.30 bits per heavy atom. The SMILES string of the molecule is CCNC(=O)CN(CC)S(=O)(=O)c1cccc(OC(F)(F)F)c1. The minimum Gasteiger partial charge on any atom is -0.406 e. The molecule has 0 unspecified atom stereocenters. The fourth-order valence-electron chi connectivity index (χ4n) is 1.76. The van der Waals surface area contributed by atoms with Crippen LogP contribution in [0, 0.1) is 0 Å². The number of alkyl halides is 3. The molecule has 1 N–H and O–H groups in total. The van der Waals surface area contributed by atoms with E-state index in [1.165, 1.54) is 6.92 Å². The summed E-state index contributed by atoms with van der Waals surface area (Å²) in [7, 11) is -4.12. The van der Waals surface area contributed by atoms with E-state index in [0.29, 0.717) is 6.54 Å². The summed E-state index contributed by atoms with van der Waals surface area (Å²) in [6.07, 6.45) is -4.92. The molecule has 0 aliphatic heterocycles. The lowest BCUT2D eigenvalue weighted by Gasteiger charge is -2.20. The van der Waals surface area contributed by atoms with Gasteiger partial charge in [-0.1, -0.05) is 13.0 Å². The Hall–Kier alpha value is -1.81. The summed E-state index contributed by atoms with van der Waals surface area (Å²) < 4.78 is 66.1.